The molecule has 1 heterocycles. The number of nitriles is 1. The number of rotatable bonds is 5. The Morgan fingerprint density at radius 2 is 1.77 bits per heavy atom. The molecule has 0 spiro atoms. The maximum absolute atomic E-state index is 12.5. The summed E-state index contributed by atoms with van der Waals surface area (Å²) in [6.07, 6.45) is 1.45. The highest BCUT2D eigenvalue weighted by molar-refractivity contribution is 6.04. The van der Waals surface area contributed by atoms with Crippen LogP contribution >= 0.6 is 0 Å². The third kappa shape index (κ3) is 3.79. The van der Waals surface area contributed by atoms with Crippen molar-refractivity contribution in [2.24, 2.45) is 0 Å². The van der Waals surface area contributed by atoms with Crippen molar-refractivity contribution in [2.45, 2.75) is 6.61 Å². The predicted molar refractivity (Wildman–Crippen MR) is 96.5 cm³/mol. The van der Waals surface area contributed by atoms with Crippen LogP contribution in [-0.4, -0.2) is 10.6 Å². The number of para-hydroxylation sites is 1. The minimum atomic E-state index is -0.602. The van der Waals surface area contributed by atoms with Gasteiger partial charge in [-0.15, -0.1) is 0 Å². The Balaban J connectivity index is 1.79. The molecule has 6 heteroatoms. The van der Waals surface area contributed by atoms with Gasteiger partial charge in [0.1, 0.15) is 18.2 Å². The third-order valence-corrected chi connectivity index (χ3v) is 3.67. The highest BCUT2D eigenvalue weighted by Crippen LogP contribution is 2.14. The fourth-order valence-corrected chi connectivity index (χ4v) is 2.35. The van der Waals surface area contributed by atoms with Crippen molar-refractivity contribution in [3.8, 4) is 6.07 Å². The molecule has 2 aromatic carbocycles. The Kier molecular flexibility index (Phi) is 5.11. The van der Waals surface area contributed by atoms with Crippen LogP contribution in [0.25, 0.3) is 0 Å². The molecular formula is C20H15N3O3. The van der Waals surface area contributed by atoms with Gasteiger partial charge in [0.15, 0.2) is 0 Å². The molecule has 1 N–H and O–H groups in total. The van der Waals surface area contributed by atoms with Crippen LogP contribution in [0.4, 0.5) is 5.69 Å². The fraction of sp³-hybridized carbons (Fsp3) is 0.0500. The second-order valence-corrected chi connectivity index (χ2v) is 5.42. The average Bonchev–Trinajstić information content (AvgIpc) is 2.68. The monoisotopic (exact) mass is 345 g/mol. The molecule has 128 valence electrons. The molecule has 1 amide bonds. The lowest BCUT2D eigenvalue weighted by molar-refractivity contribution is 0.0863. The van der Waals surface area contributed by atoms with E-state index in [4.69, 9.17) is 10.1 Å². The first-order valence-corrected chi connectivity index (χ1v) is 7.88. The smallest absolute Gasteiger partial charge is 0.295 e. The van der Waals surface area contributed by atoms with Gasteiger partial charge in [-0.25, -0.2) is 0 Å². The van der Waals surface area contributed by atoms with Crippen molar-refractivity contribution in [1.29, 1.82) is 5.26 Å². The number of carbonyl (C=O) groups excluding carboxylic acids is 1. The molecule has 1 aromatic heterocycles. The average molecular weight is 345 g/mol. The van der Waals surface area contributed by atoms with Crippen LogP contribution in [0, 0.1) is 11.3 Å². The lowest BCUT2D eigenvalue weighted by Crippen LogP contribution is -2.32. The molecule has 0 aliphatic carbocycles. The second kappa shape index (κ2) is 7.81. The minimum Gasteiger partial charge on any atom is -0.406 e. The molecule has 0 radical (unpaired) electrons. The van der Waals surface area contributed by atoms with Gasteiger partial charge in [0, 0.05) is 6.20 Å². The number of anilines is 1. The van der Waals surface area contributed by atoms with Gasteiger partial charge in [-0.3, -0.25) is 9.59 Å². The molecule has 0 saturated carbocycles. The molecule has 0 bridgehead atoms. The van der Waals surface area contributed by atoms with E-state index >= 15 is 0 Å². The quantitative estimate of drug-likeness (QED) is 0.770. The van der Waals surface area contributed by atoms with Crippen molar-refractivity contribution in [3.05, 3.63) is 100.0 Å². The molecule has 3 aromatic rings. The van der Waals surface area contributed by atoms with E-state index < -0.39 is 11.5 Å². The number of nitrogens with zero attached hydrogens (tertiary/aromatic N) is 2. The minimum absolute atomic E-state index is 0.0756. The molecule has 26 heavy (non-hydrogen) atoms. The lowest BCUT2D eigenvalue weighted by Gasteiger charge is -2.10. The molecule has 6 nitrogen and oxygen atoms in total. The highest BCUT2D eigenvalue weighted by atomic mass is 16.7. The number of carbonyl (C=O) groups is 1. The third-order valence-electron chi connectivity index (χ3n) is 3.67. The van der Waals surface area contributed by atoms with Gasteiger partial charge in [0.2, 0.25) is 0 Å². The lowest BCUT2D eigenvalue weighted by atomic mass is 10.2. The van der Waals surface area contributed by atoms with Crippen molar-refractivity contribution in [1.82, 2.24) is 4.73 Å². The van der Waals surface area contributed by atoms with E-state index in [0.29, 0.717) is 11.3 Å². The van der Waals surface area contributed by atoms with Crippen LogP contribution in [0.2, 0.25) is 0 Å². The number of hydrogen-bond donors (Lipinski definition) is 1. The highest BCUT2D eigenvalue weighted by Gasteiger charge is 2.14. The van der Waals surface area contributed by atoms with E-state index in [1.54, 1.807) is 30.3 Å². The number of amides is 1. The largest absolute Gasteiger partial charge is 0.406 e. The van der Waals surface area contributed by atoms with E-state index in [2.05, 4.69) is 5.32 Å². The van der Waals surface area contributed by atoms with E-state index in [1.807, 2.05) is 36.4 Å². The maximum atomic E-state index is 12.5. The first kappa shape index (κ1) is 17.0. The maximum Gasteiger partial charge on any atom is 0.295 e. The standard InChI is InChI=1S/C20H15N3O3/c21-13-16-9-4-5-11-18(16)22-19(24)17-10-6-12-23(20(17)25)26-14-15-7-2-1-3-8-15/h1-12H,14H2,(H,22,24). The van der Waals surface area contributed by atoms with Gasteiger partial charge >= 0.3 is 0 Å². The van der Waals surface area contributed by atoms with E-state index in [9.17, 15) is 9.59 Å². The van der Waals surface area contributed by atoms with E-state index in [0.717, 1.165) is 10.3 Å². The van der Waals surface area contributed by atoms with Gasteiger partial charge in [0.25, 0.3) is 11.5 Å². The summed E-state index contributed by atoms with van der Waals surface area (Å²) in [5, 5.41) is 11.7. The predicted octanol–water partition coefficient (Wildman–Crippen LogP) is 2.60. The van der Waals surface area contributed by atoms with E-state index in [1.165, 1.54) is 12.3 Å². The SMILES string of the molecule is N#Cc1ccccc1NC(=O)c1cccn(OCc2ccccc2)c1=O. The summed E-state index contributed by atoms with van der Waals surface area (Å²) >= 11 is 0. The molecular weight excluding hydrogens is 330 g/mol. The number of nitrogens with one attached hydrogen (secondary N) is 1. The summed E-state index contributed by atoms with van der Waals surface area (Å²) in [5.74, 6) is -0.602. The zero-order valence-corrected chi connectivity index (χ0v) is 13.8. The normalized spacial score (nSPS) is 9.96. The Hall–Kier alpha value is -3.85. The van der Waals surface area contributed by atoms with Crippen LogP contribution in [0.15, 0.2) is 77.7 Å². The van der Waals surface area contributed by atoms with Crippen LogP contribution in [0.5, 0.6) is 0 Å². The van der Waals surface area contributed by atoms with Gasteiger partial charge in [-0.2, -0.15) is 9.99 Å². The Labute approximate surface area is 149 Å². The van der Waals surface area contributed by atoms with Gasteiger partial charge in [-0.05, 0) is 29.8 Å². The van der Waals surface area contributed by atoms with Gasteiger partial charge in [-0.1, -0.05) is 42.5 Å². The van der Waals surface area contributed by atoms with Crippen LogP contribution < -0.4 is 15.7 Å². The van der Waals surface area contributed by atoms with Crippen molar-refractivity contribution < 1.29 is 9.63 Å². The molecule has 0 aliphatic heterocycles. The Morgan fingerprint density at radius 1 is 1.04 bits per heavy atom. The van der Waals surface area contributed by atoms with E-state index in [-0.39, 0.29) is 12.2 Å². The molecule has 0 saturated heterocycles. The Morgan fingerprint density at radius 3 is 2.54 bits per heavy atom. The summed E-state index contributed by atoms with van der Waals surface area (Å²) in [6, 6.07) is 20.9. The van der Waals surface area contributed by atoms with Gasteiger partial charge in [0.05, 0.1) is 11.3 Å². The summed E-state index contributed by atoms with van der Waals surface area (Å²) in [7, 11) is 0. The Bertz CT molecular complexity index is 1020. The van der Waals surface area contributed by atoms with Crippen molar-refractivity contribution in [3.63, 3.8) is 0 Å². The summed E-state index contributed by atoms with van der Waals surface area (Å²) < 4.78 is 1.03. The zero-order chi connectivity index (χ0) is 18.4. The first-order chi connectivity index (χ1) is 12.7. The number of hydrogen-bond acceptors (Lipinski definition) is 4. The first-order valence-electron chi connectivity index (χ1n) is 7.88. The van der Waals surface area contributed by atoms with Crippen molar-refractivity contribution in [2.75, 3.05) is 5.32 Å². The second-order valence-electron chi connectivity index (χ2n) is 5.42. The number of pyridine rings is 1. The molecule has 0 unspecified atom stereocenters. The van der Waals surface area contributed by atoms with Crippen LogP contribution in [0.3, 0.4) is 0 Å². The van der Waals surface area contributed by atoms with Gasteiger partial charge < -0.3 is 10.2 Å². The molecule has 0 atom stereocenters. The van der Waals surface area contributed by atoms with Crippen LogP contribution in [-0.2, 0) is 6.61 Å². The summed E-state index contributed by atoms with van der Waals surface area (Å²) in [4.78, 5) is 30.4. The zero-order valence-electron chi connectivity index (χ0n) is 13.8. The summed E-state index contributed by atoms with van der Waals surface area (Å²) in [5.41, 5.74) is 0.915. The number of benzene rings is 2. The summed E-state index contributed by atoms with van der Waals surface area (Å²) in [6.45, 7) is 0.198. The fourth-order valence-electron chi connectivity index (χ4n) is 2.35. The molecule has 0 aliphatic rings. The molecule has 3 rings (SSSR count). The number of aromatic nitrogens is 1. The van der Waals surface area contributed by atoms with Crippen LogP contribution in [0.1, 0.15) is 21.5 Å². The topological polar surface area (TPSA) is 84.1 Å². The van der Waals surface area contributed by atoms with Crippen molar-refractivity contribution >= 4 is 11.6 Å². The molecule has 0 fully saturated rings.